The molecule has 0 aliphatic heterocycles. The molecular formula is C15H17ClN4O2. The van der Waals surface area contributed by atoms with Crippen molar-refractivity contribution in [2.45, 2.75) is 20.4 Å². The molecule has 0 atom stereocenters. The average Bonchev–Trinajstić information content (AvgIpc) is 2.76. The standard InChI is InChI=1S/C15H17ClN4O2/c1-3-22-15(21)18-17-9-13-11(2)19-20(14(13)16)10-12-7-5-4-6-8-12/h4-9H,3,10H2,1-2H3,(H,18,21)/b17-9-. The maximum Gasteiger partial charge on any atom is 0.427 e. The highest BCUT2D eigenvalue weighted by Gasteiger charge is 2.12. The summed E-state index contributed by atoms with van der Waals surface area (Å²) >= 11 is 6.32. The lowest BCUT2D eigenvalue weighted by Gasteiger charge is -2.03. The van der Waals surface area contributed by atoms with Crippen LogP contribution < -0.4 is 5.43 Å². The first-order valence-electron chi connectivity index (χ1n) is 6.84. The van der Waals surface area contributed by atoms with Gasteiger partial charge in [0.1, 0.15) is 5.15 Å². The number of aromatic nitrogens is 2. The number of carbonyl (C=O) groups excluding carboxylic acids is 1. The highest BCUT2D eigenvalue weighted by Crippen LogP contribution is 2.19. The molecule has 116 valence electrons. The molecule has 1 amide bonds. The Labute approximate surface area is 133 Å². The number of carbonyl (C=O) groups is 1. The third-order valence-electron chi connectivity index (χ3n) is 2.91. The summed E-state index contributed by atoms with van der Waals surface area (Å²) in [6.45, 7) is 4.41. The van der Waals surface area contributed by atoms with E-state index in [9.17, 15) is 4.79 Å². The summed E-state index contributed by atoms with van der Waals surface area (Å²) in [5, 5.41) is 8.67. The van der Waals surface area contributed by atoms with Crippen LogP contribution in [0.25, 0.3) is 0 Å². The Hall–Kier alpha value is -2.34. The maximum atomic E-state index is 11.1. The van der Waals surface area contributed by atoms with Crippen molar-refractivity contribution in [3.63, 3.8) is 0 Å². The van der Waals surface area contributed by atoms with Crippen molar-refractivity contribution in [2.75, 3.05) is 6.61 Å². The van der Waals surface area contributed by atoms with E-state index >= 15 is 0 Å². The highest BCUT2D eigenvalue weighted by atomic mass is 35.5. The van der Waals surface area contributed by atoms with E-state index in [0.29, 0.717) is 17.3 Å². The smallest absolute Gasteiger partial charge is 0.427 e. The van der Waals surface area contributed by atoms with Gasteiger partial charge >= 0.3 is 6.09 Å². The van der Waals surface area contributed by atoms with Crippen LogP contribution in [0.5, 0.6) is 0 Å². The van der Waals surface area contributed by atoms with Crippen molar-refractivity contribution in [3.8, 4) is 0 Å². The molecule has 0 saturated heterocycles. The molecule has 0 fully saturated rings. The number of amides is 1. The summed E-state index contributed by atoms with van der Waals surface area (Å²) in [4.78, 5) is 11.1. The van der Waals surface area contributed by atoms with E-state index in [4.69, 9.17) is 16.3 Å². The summed E-state index contributed by atoms with van der Waals surface area (Å²) in [6.07, 6.45) is 0.854. The number of nitrogens with zero attached hydrogens (tertiary/aromatic N) is 3. The van der Waals surface area contributed by atoms with Crippen molar-refractivity contribution < 1.29 is 9.53 Å². The number of hydrazone groups is 1. The van der Waals surface area contributed by atoms with Gasteiger partial charge in [-0.05, 0) is 19.4 Å². The molecule has 2 rings (SSSR count). The quantitative estimate of drug-likeness (QED) is 0.680. The van der Waals surface area contributed by atoms with Gasteiger partial charge in [-0.15, -0.1) is 0 Å². The molecule has 0 spiro atoms. The molecular weight excluding hydrogens is 304 g/mol. The van der Waals surface area contributed by atoms with Gasteiger partial charge in [0.25, 0.3) is 0 Å². The number of aryl methyl sites for hydroxylation is 1. The Balaban J connectivity index is 2.10. The predicted molar refractivity (Wildman–Crippen MR) is 85.3 cm³/mol. The molecule has 0 radical (unpaired) electrons. The molecule has 7 heteroatoms. The van der Waals surface area contributed by atoms with E-state index in [2.05, 4.69) is 15.6 Å². The van der Waals surface area contributed by atoms with Gasteiger partial charge in [-0.1, -0.05) is 41.9 Å². The molecule has 22 heavy (non-hydrogen) atoms. The minimum Gasteiger partial charge on any atom is -0.449 e. The first-order chi connectivity index (χ1) is 10.6. The van der Waals surface area contributed by atoms with Crippen LogP contribution >= 0.6 is 11.6 Å². The lowest BCUT2D eigenvalue weighted by Crippen LogP contribution is -2.18. The molecule has 1 heterocycles. The second-order valence-electron chi connectivity index (χ2n) is 4.52. The van der Waals surface area contributed by atoms with E-state index < -0.39 is 6.09 Å². The van der Waals surface area contributed by atoms with E-state index in [1.807, 2.05) is 37.3 Å². The number of benzene rings is 1. The largest absolute Gasteiger partial charge is 0.449 e. The average molecular weight is 321 g/mol. The van der Waals surface area contributed by atoms with E-state index in [-0.39, 0.29) is 6.61 Å². The normalized spacial score (nSPS) is 10.9. The van der Waals surface area contributed by atoms with Crippen molar-refractivity contribution in [2.24, 2.45) is 5.10 Å². The molecule has 2 aromatic rings. The van der Waals surface area contributed by atoms with Crippen LogP contribution in [0.4, 0.5) is 4.79 Å². The van der Waals surface area contributed by atoms with E-state index in [1.165, 1.54) is 6.21 Å². The molecule has 0 bridgehead atoms. The predicted octanol–water partition coefficient (Wildman–Crippen LogP) is 2.97. The van der Waals surface area contributed by atoms with Gasteiger partial charge in [-0.3, -0.25) is 0 Å². The number of hydrogen-bond donors (Lipinski definition) is 1. The van der Waals surface area contributed by atoms with Gasteiger partial charge in [0, 0.05) is 0 Å². The highest BCUT2D eigenvalue weighted by molar-refractivity contribution is 6.32. The van der Waals surface area contributed by atoms with Crippen LogP contribution in [0.3, 0.4) is 0 Å². The number of halogens is 1. The second-order valence-corrected chi connectivity index (χ2v) is 4.88. The van der Waals surface area contributed by atoms with Crippen LogP contribution in [0.1, 0.15) is 23.7 Å². The minimum absolute atomic E-state index is 0.288. The molecule has 1 aromatic carbocycles. The zero-order valence-corrected chi connectivity index (χ0v) is 13.2. The molecule has 0 unspecified atom stereocenters. The third-order valence-corrected chi connectivity index (χ3v) is 3.31. The lowest BCUT2D eigenvalue weighted by molar-refractivity contribution is 0.152. The Morgan fingerprint density at radius 2 is 2.18 bits per heavy atom. The summed E-state index contributed by atoms with van der Waals surface area (Å²) in [7, 11) is 0. The molecule has 1 aromatic heterocycles. The van der Waals surface area contributed by atoms with Crippen LogP contribution in [-0.4, -0.2) is 28.7 Å². The fourth-order valence-corrected chi connectivity index (χ4v) is 2.17. The van der Waals surface area contributed by atoms with Crippen LogP contribution in [0.15, 0.2) is 35.4 Å². The Morgan fingerprint density at radius 1 is 1.45 bits per heavy atom. The molecule has 0 aliphatic carbocycles. The lowest BCUT2D eigenvalue weighted by atomic mass is 10.2. The van der Waals surface area contributed by atoms with Gasteiger partial charge in [0.05, 0.1) is 30.6 Å². The topological polar surface area (TPSA) is 68.5 Å². The maximum absolute atomic E-state index is 11.1. The zero-order valence-electron chi connectivity index (χ0n) is 12.4. The Kier molecular flexibility index (Phi) is 5.55. The number of rotatable bonds is 5. The van der Waals surface area contributed by atoms with Gasteiger partial charge in [0.2, 0.25) is 0 Å². The van der Waals surface area contributed by atoms with Gasteiger partial charge in [0.15, 0.2) is 0 Å². The first kappa shape index (κ1) is 16.0. The SMILES string of the molecule is CCOC(=O)N/N=C\c1c(C)nn(Cc2ccccc2)c1Cl. The molecule has 1 N–H and O–H groups in total. The summed E-state index contributed by atoms with van der Waals surface area (Å²) < 4.78 is 6.40. The second kappa shape index (κ2) is 7.61. The van der Waals surface area contributed by atoms with Crippen molar-refractivity contribution >= 4 is 23.9 Å². The fraction of sp³-hybridized carbons (Fsp3) is 0.267. The van der Waals surface area contributed by atoms with Crippen molar-refractivity contribution in [1.29, 1.82) is 0 Å². The van der Waals surface area contributed by atoms with Gasteiger partial charge in [-0.25, -0.2) is 14.9 Å². The number of nitrogens with one attached hydrogen (secondary N) is 1. The summed E-state index contributed by atoms with van der Waals surface area (Å²) in [5.74, 6) is 0. The van der Waals surface area contributed by atoms with Crippen molar-refractivity contribution in [1.82, 2.24) is 15.2 Å². The fourth-order valence-electron chi connectivity index (χ4n) is 1.89. The molecule has 0 saturated carbocycles. The third kappa shape index (κ3) is 4.08. The zero-order chi connectivity index (χ0) is 15.9. The Bertz CT molecular complexity index is 668. The van der Waals surface area contributed by atoms with E-state index in [0.717, 1.165) is 11.3 Å². The monoisotopic (exact) mass is 320 g/mol. The summed E-state index contributed by atoms with van der Waals surface area (Å²) in [5.41, 5.74) is 4.75. The van der Waals surface area contributed by atoms with Crippen LogP contribution in [-0.2, 0) is 11.3 Å². The number of hydrogen-bond acceptors (Lipinski definition) is 4. The van der Waals surface area contributed by atoms with Crippen LogP contribution in [0.2, 0.25) is 5.15 Å². The minimum atomic E-state index is -0.607. The first-order valence-corrected chi connectivity index (χ1v) is 7.22. The Morgan fingerprint density at radius 3 is 2.86 bits per heavy atom. The van der Waals surface area contributed by atoms with Gasteiger partial charge < -0.3 is 4.74 Å². The molecule has 6 nitrogen and oxygen atoms in total. The van der Waals surface area contributed by atoms with Crippen molar-refractivity contribution in [3.05, 3.63) is 52.3 Å². The molecule has 0 aliphatic rings. The van der Waals surface area contributed by atoms with E-state index in [1.54, 1.807) is 11.6 Å². The van der Waals surface area contributed by atoms with Gasteiger partial charge in [-0.2, -0.15) is 10.2 Å². The van der Waals surface area contributed by atoms with Crippen LogP contribution in [0, 0.1) is 6.92 Å². The number of ether oxygens (including phenoxy) is 1. The summed E-state index contributed by atoms with van der Waals surface area (Å²) in [6, 6.07) is 9.89.